The fraction of sp³-hybridized carbons (Fsp3) is 0.167. The predicted octanol–water partition coefficient (Wildman–Crippen LogP) is 2.05. The molecule has 1 aliphatic rings. The lowest BCUT2D eigenvalue weighted by atomic mass is 10.1. The van der Waals surface area contributed by atoms with Gasteiger partial charge in [0.05, 0.1) is 5.69 Å². The van der Waals surface area contributed by atoms with E-state index in [0.717, 1.165) is 17.8 Å². The van der Waals surface area contributed by atoms with Gasteiger partial charge in [0.2, 0.25) is 11.1 Å². The van der Waals surface area contributed by atoms with Crippen LogP contribution in [0.3, 0.4) is 0 Å². The van der Waals surface area contributed by atoms with Crippen molar-refractivity contribution in [3.63, 3.8) is 0 Å². The molecule has 2 heterocycles. The Balaban J connectivity index is 1.93. The van der Waals surface area contributed by atoms with Crippen LogP contribution < -0.4 is 21.5 Å². The monoisotopic (exact) mass is 294 g/mol. The summed E-state index contributed by atoms with van der Waals surface area (Å²) >= 11 is 5.68. The van der Waals surface area contributed by atoms with E-state index in [2.05, 4.69) is 20.7 Å². The lowest BCUT2D eigenvalue weighted by molar-refractivity contribution is 0.625. The van der Waals surface area contributed by atoms with E-state index in [4.69, 9.17) is 17.3 Å². The van der Waals surface area contributed by atoms with Crippen LogP contribution in [0.4, 0.5) is 27.4 Å². The minimum Gasteiger partial charge on any atom is -0.381 e. The standard InChI is InChI=1S/C12H12ClFN6/c1-20-8-3-2-7(4-6(8)5-16-20)17-11-9(14)10(15)18-12(13)19-11/h2-4,16H,5H2,1H3,(H3,15,17,18,19). The molecule has 0 radical (unpaired) electrons. The van der Waals surface area contributed by atoms with E-state index in [-0.39, 0.29) is 16.9 Å². The van der Waals surface area contributed by atoms with Crippen LogP contribution in [0, 0.1) is 5.82 Å². The van der Waals surface area contributed by atoms with Gasteiger partial charge in [-0.15, -0.1) is 0 Å². The van der Waals surface area contributed by atoms with Crippen LogP contribution in [0.15, 0.2) is 18.2 Å². The predicted molar refractivity (Wildman–Crippen MR) is 76.4 cm³/mol. The maximum Gasteiger partial charge on any atom is 0.226 e. The molecule has 6 nitrogen and oxygen atoms in total. The number of benzene rings is 1. The zero-order valence-electron chi connectivity index (χ0n) is 10.6. The first-order chi connectivity index (χ1) is 9.54. The molecule has 0 aliphatic carbocycles. The van der Waals surface area contributed by atoms with Gasteiger partial charge in [0, 0.05) is 19.3 Å². The fourth-order valence-corrected chi connectivity index (χ4v) is 2.25. The topological polar surface area (TPSA) is 79.1 Å². The van der Waals surface area contributed by atoms with E-state index in [0.29, 0.717) is 5.69 Å². The van der Waals surface area contributed by atoms with Crippen LogP contribution in [0.2, 0.25) is 5.28 Å². The first-order valence-electron chi connectivity index (χ1n) is 5.90. The molecule has 4 N–H and O–H groups in total. The first-order valence-corrected chi connectivity index (χ1v) is 6.28. The van der Waals surface area contributed by atoms with Crippen molar-refractivity contribution >= 4 is 34.6 Å². The van der Waals surface area contributed by atoms with E-state index in [9.17, 15) is 4.39 Å². The van der Waals surface area contributed by atoms with Gasteiger partial charge < -0.3 is 16.1 Å². The molecule has 0 fully saturated rings. The van der Waals surface area contributed by atoms with Crippen molar-refractivity contribution in [3.05, 3.63) is 34.9 Å². The summed E-state index contributed by atoms with van der Waals surface area (Å²) in [6, 6.07) is 5.67. The molecule has 0 amide bonds. The summed E-state index contributed by atoms with van der Waals surface area (Å²) in [5.74, 6) is -1.04. The van der Waals surface area contributed by atoms with Crippen LogP contribution in [-0.2, 0) is 6.54 Å². The summed E-state index contributed by atoms with van der Waals surface area (Å²) in [7, 11) is 1.93. The van der Waals surface area contributed by atoms with Gasteiger partial charge in [0.25, 0.3) is 0 Å². The average Bonchev–Trinajstić information content (AvgIpc) is 2.77. The van der Waals surface area contributed by atoms with E-state index in [1.54, 1.807) is 0 Å². The molecule has 3 rings (SSSR count). The molecule has 0 bridgehead atoms. The van der Waals surface area contributed by atoms with Crippen molar-refractivity contribution in [1.29, 1.82) is 0 Å². The SMILES string of the molecule is CN1NCc2cc(Nc3nc(Cl)nc(N)c3F)ccc21. The number of nitrogens with one attached hydrogen (secondary N) is 2. The fourth-order valence-electron chi connectivity index (χ4n) is 2.08. The molecule has 1 aliphatic heterocycles. The minimum absolute atomic E-state index is 0.0400. The molecular weight excluding hydrogens is 283 g/mol. The zero-order chi connectivity index (χ0) is 14.3. The highest BCUT2D eigenvalue weighted by atomic mass is 35.5. The largest absolute Gasteiger partial charge is 0.381 e. The Hall–Kier alpha value is -2.12. The van der Waals surface area contributed by atoms with Crippen LogP contribution in [0.25, 0.3) is 0 Å². The molecule has 0 unspecified atom stereocenters. The maximum absolute atomic E-state index is 13.8. The van der Waals surface area contributed by atoms with Crippen molar-refractivity contribution in [3.8, 4) is 0 Å². The Morgan fingerprint density at radius 1 is 1.45 bits per heavy atom. The Bertz CT molecular complexity index is 677. The normalized spacial score (nSPS) is 13.4. The molecule has 104 valence electrons. The molecule has 0 saturated heterocycles. The van der Waals surface area contributed by atoms with Gasteiger partial charge in [-0.3, -0.25) is 0 Å². The van der Waals surface area contributed by atoms with Crippen molar-refractivity contribution in [2.45, 2.75) is 6.54 Å². The molecule has 20 heavy (non-hydrogen) atoms. The summed E-state index contributed by atoms with van der Waals surface area (Å²) in [5.41, 5.74) is 11.5. The summed E-state index contributed by atoms with van der Waals surface area (Å²) in [4.78, 5) is 7.34. The quantitative estimate of drug-likeness (QED) is 0.736. The third-order valence-electron chi connectivity index (χ3n) is 3.06. The highest BCUT2D eigenvalue weighted by molar-refractivity contribution is 6.28. The summed E-state index contributed by atoms with van der Waals surface area (Å²) < 4.78 is 13.8. The smallest absolute Gasteiger partial charge is 0.226 e. The number of hydrazine groups is 1. The average molecular weight is 295 g/mol. The highest BCUT2D eigenvalue weighted by Gasteiger charge is 2.16. The number of nitrogens with two attached hydrogens (primary N) is 1. The second kappa shape index (κ2) is 4.77. The third kappa shape index (κ3) is 2.21. The number of rotatable bonds is 2. The van der Waals surface area contributed by atoms with Gasteiger partial charge in [-0.25, -0.2) is 5.43 Å². The lowest BCUT2D eigenvalue weighted by Crippen LogP contribution is -2.26. The minimum atomic E-state index is -0.717. The molecular formula is C12H12ClFN6. The number of nitrogens with zero attached hydrogens (tertiary/aromatic N) is 3. The van der Waals surface area contributed by atoms with Crippen LogP contribution in [0.5, 0.6) is 0 Å². The summed E-state index contributed by atoms with van der Waals surface area (Å²) in [5, 5.41) is 4.69. The number of fused-ring (bicyclic) bond motifs is 1. The van der Waals surface area contributed by atoms with E-state index < -0.39 is 5.82 Å². The Morgan fingerprint density at radius 2 is 2.25 bits per heavy atom. The Kier molecular flexibility index (Phi) is 3.07. The zero-order valence-corrected chi connectivity index (χ0v) is 11.4. The number of nitrogen functional groups attached to an aromatic ring is 1. The summed E-state index contributed by atoms with van der Waals surface area (Å²) in [6.45, 7) is 0.719. The number of anilines is 4. The van der Waals surface area contributed by atoms with Crippen molar-refractivity contribution in [2.75, 3.05) is 23.1 Å². The van der Waals surface area contributed by atoms with Gasteiger partial charge in [-0.05, 0) is 35.4 Å². The van der Waals surface area contributed by atoms with Crippen molar-refractivity contribution in [2.24, 2.45) is 0 Å². The van der Waals surface area contributed by atoms with E-state index >= 15 is 0 Å². The van der Waals surface area contributed by atoms with Crippen LogP contribution >= 0.6 is 11.6 Å². The van der Waals surface area contributed by atoms with Gasteiger partial charge in [-0.1, -0.05) is 0 Å². The van der Waals surface area contributed by atoms with Crippen molar-refractivity contribution in [1.82, 2.24) is 15.4 Å². The second-order valence-electron chi connectivity index (χ2n) is 4.40. The van der Waals surface area contributed by atoms with Crippen molar-refractivity contribution < 1.29 is 4.39 Å². The Labute approximate surface area is 119 Å². The third-order valence-corrected chi connectivity index (χ3v) is 3.23. The van der Waals surface area contributed by atoms with E-state index in [1.807, 2.05) is 30.3 Å². The van der Waals surface area contributed by atoms with Gasteiger partial charge in [0.1, 0.15) is 0 Å². The number of hydrogen-bond donors (Lipinski definition) is 3. The van der Waals surface area contributed by atoms with Crippen LogP contribution in [-0.4, -0.2) is 17.0 Å². The molecule has 1 aromatic heterocycles. The van der Waals surface area contributed by atoms with Gasteiger partial charge >= 0.3 is 0 Å². The number of hydrogen-bond acceptors (Lipinski definition) is 6. The molecule has 0 saturated carbocycles. The highest BCUT2D eigenvalue weighted by Crippen LogP contribution is 2.29. The maximum atomic E-state index is 13.8. The molecule has 8 heteroatoms. The second-order valence-corrected chi connectivity index (χ2v) is 4.74. The molecule has 0 atom stereocenters. The molecule has 0 spiro atoms. The lowest BCUT2D eigenvalue weighted by Gasteiger charge is -2.12. The first kappa shape index (κ1) is 12.9. The summed E-state index contributed by atoms with van der Waals surface area (Å²) in [6.07, 6.45) is 0. The van der Waals surface area contributed by atoms with E-state index in [1.165, 1.54) is 0 Å². The molecule has 2 aromatic rings. The Morgan fingerprint density at radius 3 is 3.05 bits per heavy atom. The number of halogens is 2. The van der Waals surface area contributed by atoms with Gasteiger partial charge in [-0.2, -0.15) is 14.4 Å². The number of aromatic nitrogens is 2. The van der Waals surface area contributed by atoms with Crippen LogP contribution in [0.1, 0.15) is 5.56 Å². The molecule has 1 aromatic carbocycles. The van der Waals surface area contributed by atoms with Gasteiger partial charge in [0.15, 0.2) is 11.6 Å².